The third-order valence-corrected chi connectivity index (χ3v) is 9.64. The number of allylic oxidation sites excluding steroid dienone is 8. The van der Waals surface area contributed by atoms with Crippen molar-refractivity contribution in [2.45, 2.75) is 77.0 Å². The van der Waals surface area contributed by atoms with Crippen molar-refractivity contribution in [2.75, 3.05) is 0 Å². The van der Waals surface area contributed by atoms with E-state index in [1.165, 1.54) is 85.8 Å². The van der Waals surface area contributed by atoms with Crippen molar-refractivity contribution in [1.82, 2.24) is 0 Å². The summed E-state index contributed by atoms with van der Waals surface area (Å²) >= 11 is 3.38. The Morgan fingerprint density at radius 3 is 1.14 bits per heavy atom. The minimum Gasteiger partial charge on any atom is -0.168 e. The molecule has 2 saturated carbocycles. The van der Waals surface area contributed by atoms with Gasteiger partial charge in [-0.25, -0.2) is 24.3 Å². The van der Waals surface area contributed by atoms with Gasteiger partial charge in [0.1, 0.15) is 0 Å². The maximum atomic E-state index is 2.99. The number of rotatable bonds is 0. The normalized spacial score (nSPS) is 15.5. The van der Waals surface area contributed by atoms with Crippen molar-refractivity contribution >= 4 is 28.0 Å². The third kappa shape index (κ3) is 18.6. The van der Waals surface area contributed by atoms with Gasteiger partial charge in [-0.05, 0) is 0 Å². The summed E-state index contributed by atoms with van der Waals surface area (Å²) in [4.78, 5) is 0. The van der Waals surface area contributed by atoms with Gasteiger partial charge >= 0.3 is 119 Å². The van der Waals surface area contributed by atoms with Crippen molar-refractivity contribution in [3.05, 3.63) is 134 Å². The molecule has 0 bridgehead atoms. The zero-order chi connectivity index (χ0) is 29.5. The van der Waals surface area contributed by atoms with Crippen LogP contribution in [0.25, 0.3) is 21.5 Å². The molecule has 0 saturated heterocycles. The van der Waals surface area contributed by atoms with E-state index in [4.69, 9.17) is 0 Å². The van der Waals surface area contributed by atoms with E-state index in [0.717, 1.165) is 12.8 Å². The molecule has 44 heavy (non-hydrogen) atoms. The Labute approximate surface area is 309 Å². The average Bonchev–Trinajstić information content (AvgIpc) is 3.87. The van der Waals surface area contributed by atoms with Crippen molar-refractivity contribution in [2.24, 2.45) is 0 Å². The standard InChI is InChI=1S/2C9H7.2C6H10.2C5H5.2ClH.2Zr/c2*1-2-5-9-7-3-6-8(9)4-1;2*1-2-4-6-5-3-1;2*1-2-4-5-3-1;;;;/h2*1-7H;2*1-5H2;2*1-3H,4H2;2*1H;;/q2*-1;;;2*-1;;;2*+2/p-2. The zero-order valence-electron chi connectivity index (χ0n) is 25.8. The largest absolute Gasteiger partial charge is 0.168 e. The number of hydrogen-bond acceptors (Lipinski definition) is 0. The summed E-state index contributed by atoms with van der Waals surface area (Å²) in [5.41, 5.74) is 0. The van der Waals surface area contributed by atoms with Gasteiger partial charge in [-0.2, -0.15) is 47.2 Å². The van der Waals surface area contributed by atoms with Gasteiger partial charge in [0.15, 0.2) is 0 Å². The third-order valence-electron chi connectivity index (χ3n) is 7.18. The first kappa shape index (κ1) is 40.7. The number of hydrogen-bond donors (Lipinski definition) is 0. The second-order valence-electron chi connectivity index (χ2n) is 10.6. The summed E-state index contributed by atoms with van der Waals surface area (Å²) in [7, 11) is 0. The van der Waals surface area contributed by atoms with Crippen LogP contribution < -0.4 is 24.8 Å². The summed E-state index contributed by atoms with van der Waals surface area (Å²) in [5, 5.41) is 5.32. The first-order valence-corrected chi connectivity index (χ1v) is 17.9. The topological polar surface area (TPSA) is 0 Å². The second kappa shape index (κ2) is 26.9. The quantitative estimate of drug-likeness (QED) is 0.219. The van der Waals surface area contributed by atoms with Gasteiger partial charge in [0.25, 0.3) is 0 Å². The first-order chi connectivity index (χ1) is 20.7. The van der Waals surface area contributed by atoms with E-state index in [-0.39, 0.29) is 24.8 Å². The molecule has 0 amide bonds. The maximum Gasteiger partial charge on any atom is -0.0809 e. The molecule has 4 aromatic rings. The molecule has 0 spiro atoms. The van der Waals surface area contributed by atoms with E-state index in [2.05, 4.69) is 109 Å². The van der Waals surface area contributed by atoms with Crippen LogP contribution in [0.5, 0.6) is 0 Å². The van der Waals surface area contributed by atoms with Crippen LogP contribution >= 0.6 is 0 Å². The Morgan fingerprint density at radius 1 is 0.500 bits per heavy atom. The summed E-state index contributed by atoms with van der Waals surface area (Å²) < 4.78 is 3.61. The molecule has 0 heterocycles. The molecular weight excluding hydrogens is 734 g/mol. The van der Waals surface area contributed by atoms with E-state index >= 15 is 0 Å². The average molecular weight is 778 g/mol. The summed E-state index contributed by atoms with van der Waals surface area (Å²) in [6.45, 7) is 0. The van der Waals surface area contributed by atoms with E-state index < -0.39 is 0 Å². The molecule has 228 valence electrons. The van der Waals surface area contributed by atoms with E-state index in [1.807, 2.05) is 24.3 Å². The molecule has 4 heteroatoms. The van der Waals surface area contributed by atoms with Crippen LogP contribution in [0.1, 0.15) is 77.0 Å². The van der Waals surface area contributed by atoms with Crippen LogP contribution in [0.2, 0.25) is 0 Å². The van der Waals surface area contributed by atoms with Crippen LogP contribution in [-0.2, 0) is 48.5 Å². The minimum atomic E-state index is 0. The Bertz CT molecular complexity index is 1230. The fourth-order valence-corrected chi connectivity index (χ4v) is 6.52. The summed E-state index contributed by atoms with van der Waals surface area (Å²) in [5.74, 6) is 0. The van der Waals surface area contributed by atoms with Gasteiger partial charge in [0.2, 0.25) is 0 Å². The van der Waals surface area contributed by atoms with Gasteiger partial charge in [-0.3, -0.25) is 12.2 Å². The van der Waals surface area contributed by atoms with Crippen molar-refractivity contribution in [3.63, 3.8) is 0 Å². The predicted molar refractivity (Wildman–Crippen MR) is 178 cm³/mol. The van der Waals surface area contributed by atoms with E-state index in [0.29, 0.717) is 0 Å². The Morgan fingerprint density at radius 2 is 0.886 bits per heavy atom. The molecule has 0 N–H and O–H groups in total. The molecule has 4 aromatic carbocycles. The zero-order valence-corrected chi connectivity index (χ0v) is 32.2. The molecule has 0 radical (unpaired) electrons. The molecule has 0 aliphatic heterocycles. The molecule has 0 unspecified atom stereocenters. The summed E-state index contributed by atoms with van der Waals surface area (Å²) in [6, 6.07) is 29.3. The molecular formula is C40H44Cl2Zr2-2. The molecule has 2 fully saturated rings. The van der Waals surface area contributed by atoms with Crippen molar-refractivity contribution < 1.29 is 73.3 Å². The molecule has 4 aliphatic carbocycles. The van der Waals surface area contributed by atoms with E-state index in [9.17, 15) is 0 Å². The van der Waals surface area contributed by atoms with E-state index in [1.54, 1.807) is 54.9 Å². The Kier molecular flexibility index (Phi) is 24.9. The van der Waals surface area contributed by atoms with Crippen LogP contribution in [0, 0.1) is 12.2 Å². The Hall–Kier alpha value is -1.29. The SMILES string of the molecule is [C-]1=CC=CC1.[C-]1=CC=CC1.[Cl-].[Cl-].[Zr+2]=[C]1CCCCC1.[Zr+2]=[C]1CCCCC1.c1ccc2[cH-]ccc2c1.c1ccc2[cH-]ccc2c1. The fraction of sp³-hybridized carbons (Fsp3) is 0.300. The van der Waals surface area contributed by atoms with Crippen LogP contribution in [0.15, 0.2) is 121 Å². The predicted octanol–water partition coefficient (Wildman–Crippen LogP) is 5.08. The molecule has 8 rings (SSSR count). The minimum absolute atomic E-state index is 0. The van der Waals surface area contributed by atoms with Gasteiger partial charge < -0.3 is 24.8 Å². The van der Waals surface area contributed by atoms with Gasteiger partial charge in [-0.1, -0.05) is 12.1 Å². The summed E-state index contributed by atoms with van der Waals surface area (Å²) in [6.07, 6.45) is 34.6. The smallest absolute Gasteiger partial charge is 0.0809 e. The fourth-order valence-electron chi connectivity index (χ4n) is 4.78. The number of benzene rings is 2. The monoisotopic (exact) mass is 774 g/mol. The Balaban J connectivity index is 0.000000265. The van der Waals surface area contributed by atoms with Crippen molar-refractivity contribution in [3.8, 4) is 0 Å². The number of halogens is 2. The van der Waals surface area contributed by atoms with Crippen LogP contribution in [-0.4, -0.2) is 6.41 Å². The van der Waals surface area contributed by atoms with Gasteiger partial charge in [-0.15, -0.1) is 72.1 Å². The first-order valence-electron chi connectivity index (χ1n) is 15.5. The molecule has 0 aromatic heterocycles. The number of fused-ring (bicyclic) bond motifs is 2. The van der Waals surface area contributed by atoms with Crippen molar-refractivity contribution in [1.29, 1.82) is 0 Å². The van der Waals surface area contributed by atoms with Gasteiger partial charge in [0, 0.05) is 0 Å². The molecule has 4 aliphatic rings. The second-order valence-corrected chi connectivity index (χ2v) is 14.1. The van der Waals surface area contributed by atoms with Crippen LogP contribution in [0.3, 0.4) is 0 Å². The maximum absolute atomic E-state index is 2.99. The van der Waals surface area contributed by atoms with Gasteiger partial charge in [0.05, 0.1) is 0 Å². The molecule has 0 nitrogen and oxygen atoms in total. The van der Waals surface area contributed by atoms with Crippen LogP contribution in [0.4, 0.5) is 0 Å². The molecule has 0 atom stereocenters.